The second-order valence-corrected chi connectivity index (χ2v) is 6.05. The Labute approximate surface area is 145 Å². The van der Waals surface area contributed by atoms with Crippen molar-refractivity contribution < 1.29 is 13.9 Å². The van der Waals surface area contributed by atoms with E-state index in [1.54, 1.807) is 6.92 Å². The molecule has 5 heteroatoms. The molecule has 0 spiro atoms. The van der Waals surface area contributed by atoms with Gasteiger partial charge in [0, 0.05) is 11.4 Å². The van der Waals surface area contributed by atoms with E-state index in [9.17, 15) is 4.79 Å². The molecule has 1 aromatic heterocycles. The zero-order valence-electron chi connectivity index (χ0n) is 13.6. The van der Waals surface area contributed by atoms with Crippen LogP contribution in [-0.4, -0.2) is 17.6 Å². The highest BCUT2D eigenvalue weighted by Crippen LogP contribution is 2.24. The van der Waals surface area contributed by atoms with Gasteiger partial charge in [0.1, 0.15) is 5.52 Å². The van der Waals surface area contributed by atoms with E-state index in [1.165, 1.54) is 0 Å². The molecule has 0 aliphatic heterocycles. The van der Waals surface area contributed by atoms with Gasteiger partial charge in [-0.05, 0) is 49.2 Å². The molecule has 3 rings (SSSR count). The van der Waals surface area contributed by atoms with Crippen LogP contribution < -0.4 is 0 Å². The van der Waals surface area contributed by atoms with Crippen LogP contribution >= 0.6 is 11.6 Å². The maximum atomic E-state index is 11.9. The third-order valence-corrected chi connectivity index (χ3v) is 4.12. The molecular weight excluding hydrogens is 326 g/mol. The summed E-state index contributed by atoms with van der Waals surface area (Å²) in [4.78, 5) is 16.4. The van der Waals surface area contributed by atoms with Gasteiger partial charge in [0.05, 0.1) is 12.5 Å². The minimum atomic E-state index is -0.328. The van der Waals surface area contributed by atoms with Gasteiger partial charge in [-0.2, -0.15) is 0 Å². The molecule has 0 aliphatic rings. The largest absolute Gasteiger partial charge is 0.466 e. The van der Waals surface area contributed by atoms with Crippen LogP contribution in [0, 0.1) is 0 Å². The summed E-state index contributed by atoms with van der Waals surface area (Å²) in [5.41, 5.74) is 3.39. The second-order valence-electron chi connectivity index (χ2n) is 5.61. The predicted octanol–water partition coefficient (Wildman–Crippen LogP) is 4.74. The molecule has 0 aliphatic carbocycles. The van der Waals surface area contributed by atoms with Crippen LogP contribution in [0.2, 0.25) is 5.02 Å². The van der Waals surface area contributed by atoms with Gasteiger partial charge in [-0.15, -0.1) is 0 Å². The monoisotopic (exact) mass is 343 g/mol. The van der Waals surface area contributed by atoms with Crippen molar-refractivity contribution in [2.24, 2.45) is 0 Å². The number of ether oxygens (including phenoxy) is 1. The SMILES string of the molecule is CCOC(=O)C(C)c1ccc2oc(Cc3ccc(Cl)cc3)nc2c1. The highest BCUT2D eigenvalue weighted by molar-refractivity contribution is 6.30. The van der Waals surface area contributed by atoms with Crippen molar-refractivity contribution in [2.75, 3.05) is 6.61 Å². The average molecular weight is 344 g/mol. The molecular formula is C19H18ClNO3. The lowest BCUT2D eigenvalue weighted by molar-refractivity contribution is -0.144. The van der Waals surface area contributed by atoms with E-state index >= 15 is 0 Å². The van der Waals surface area contributed by atoms with Crippen LogP contribution in [0.4, 0.5) is 0 Å². The number of hydrogen-bond acceptors (Lipinski definition) is 4. The van der Waals surface area contributed by atoms with Crippen molar-refractivity contribution in [3.8, 4) is 0 Å². The number of fused-ring (bicyclic) bond motifs is 1. The number of carbonyl (C=O) groups is 1. The first-order chi connectivity index (χ1) is 11.6. The van der Waals surface area contributed by atoms with E-state index in [2.05, 4.69) is 4.98 Å². The number of halogens is 1. The Morgan fingerprint density at radius 1 is 1.25 bits per heavy atom. The van der Waals surface area contributed by atoms with Crippen molar-refractivity contribution in [1.29, 1.82) is 0 Å². The molecule has 1 unspecified atom stereocenters. The van der Waals surface area contributed by atoms with E-state index in [-0.39, 0.29) is 11.9 Å². The maximum absolute atomic E-state index is 11.9. The standard InChI is InChI=1S/C19H18ClNO3/c1-3-23-19(22)12(2)14-6-9-17-16(11-14)21-18(24-17)10-13-4-7-15(20)8-5-13/h4-9,11-12H,3,10H2,1-2H3. The number of benzene rings is 2. The van der Waals surface area contributed by atoms with Crippen LogP contribution in [0.5, 0.6) is 0 Å². The Balaban J connectivity index is 1.83. The number of esters is 1. The molecule has 24 heavy (non-hydrogen) atoms. The first kappa shape index (κ1) is 16.5. The molecule has 1 heterocycles. The van der Waals surface area contributed by atoms with Crippen molar-refractivity contribution >= 4 is 28.7 Å². The first-order valence-electron chi connectivity index (χ1n) is 7.87. The number of hydrogen-bond donors (Lipinski definition) is 0. The van der Waals surface area contributed by atoms with E-state index in [0.717, 1.165) is 16.6 Å². The number of oxazole rings is 1. The molecule has 0 N–H and O–H groups in total. The molecule has 1 atom stereocenters. The summed E-state index contributed by atoms with van der Waals surface area (Å²) in [6, 6.07) is 13.2. The Hall–Kier alpha value is -2.33. The van der Waals surface area contributed by atoms with Crippen LogP contribution in [0.15, 0.2) is 46.9 Å². The molecule has 0 fully saturated rings. The summed E-state index contributed by atoms with van der Waals surface area (Å²) in [6.07, 6.45) is 0.592. The summed E-state index contributed by atoms with van der Waals surface area (Å²) in [6.45, 7) is 4.00. The van der Waals surface area contributed by atoms with E-state index in [0.29, 0.717) is 29.5 Å². The Morgan fingerprint density at radius 2 is 2.00 bits per heavy atom. The van der Waals surface area contributed by atoms with Gasteiger partial charge in [-0.3, -0.25) is 4.79 Å². The summed E-state index contributed by atoms with van der Waals surface area (Å²) in [5, 5.41) is 0.703. The molecule has 2 aromatic carbocycles. The molecule has 0 saturated heterocycles. The van der Waals surface area contributed by atoms with Crippen LogP contribution in [0.25, 0.3) is 11.1 Å². The molecule has 124 valence electrons. The van der Waals surface area contributed by atoms with Crippen molar-refractivity contribution in [2.45, 2.75) is 26.2 Å². The van der Waals surface area contributed by atoms with E-state index in [4.69, 9.17) is 20.8 Å². The Morgan fingerprint density at radius 3 is 2.71 bits per heavy atom. The van der Waals surface area contributed by atoms with Gasteiger partial charge in [-0.25, -0.2) is 4.98 Å². The second kappa shape index (κ2) is 7.05. The van der Waals surface area contributed by atoms with Gasteiger partial charge < -0.3 is 9.15 Å². The van der Waals surface area contributed by atoms with Gasteiger partial charge in [0.15, 0.2) is 11.5 Å². The van der Waals surface area contributed by atoms with Crippen molar-refractivity contribution in [3.63, 3.8) is 0 Å². The third kappa shape index (κ3) is 3.60. The summed E-state index contributed by atoms with van der Waals surface area (Å²) in [5.74, 6) is 0.0701. The highest BCUT2D eigenvalue weighted by Gasteiger charge is 2.18. The zero-order valence-corrected chi connectivity index (χ0v) is 14.3. The Bertz CT molecular complexity index is 855. The average Bonchev–Trinajstić information content (AvgIpc) is 2.97. The number of rotatable bonds is 5. The molecule has 0 saturated carbocycles. The minimum Gasteiger partial charge on any atom is -0.466 e. The van der Waals surface area contributed by atoms with Crippen LogP contribution in [0.1, 0.15) is 36.8 Å². The topological polar surface area (TPSA) is 52.3 Å². The quantitative estimate of drug-likeness (QED) is 0.628. The Kier molecular flexibility index (Phi) is 4.86. The zero-order chi connectivity index (χ0) is 17.1. The van der Waals surface area contributed by atoms with Gasteiger partial charge in [0.25, 0.3) is 0 Å². The molecule has 0 amide bonds. The number of aromatic nitrogens is 1. The fourth-order valence-corrected chi connectivity index (χ4v) is 2.64. The van der Waals surface area contributed by atoms with Crippen LogP contribution in [0.3, 0.4) is 0 Å². The fraction of sp³-hybridized carbons (Fsp3) is 0.263. The maximum Gasteiger partial charge on any atom is 0.313 e. The normalized spacial score (nSPS) is 12.3. The third-order valence-electron chi connectivity index (χ3n) is 3.86. The summed E-state index contributed by atoms with van der Waals surface area (Å²) < 4.78 is 10.9. The summed E-state index contributed by atoms with van der Waals surface area (Å²) >= 11 is 5.90. The van der Waals surface area contributed by atoms with Gasteiger partial charge >= 0.3 is 5.97 Å². The van der Waals surface area contributed by atoms with E-state index < -0.39 is 0 Å². The lowest BCUT2D eigenvalue weighted by atomic mass is 10.0. The van der Waals surface area contributed by atoms with Crippen LogP contribution in [-0.2, 0) is 16.0 Å². The first-order valence-corrected chi connectivity index (χ1v) is 8.25. The highest BCUT2D eigenvalue weighted by atomic mass is 35.5. The molecule has 0 bridgehead atoms. The molecule has 4 nitrogen and oxygen atoms in total. The number of nitrogens with zero attached hydrogens (tertiary/aromatic N) is 1. The summed E-state index contributed by atoms with van der Waals surface area (Å²) in [7, 11) is 0. The predicted molar refractivity (Wildman–Crippen MR) is 93.3 cm³/mol. The lowest BCUT2D eigenvalue weighted by Gasteiger charge is -2.10. The van der Waals surface area contributed by atoms with Crippen molar-refractivity contribution in [3.05, 3.63) is 64.5 Å². The fourth-order valence-electron chi connectivity index (χ4n) is 2.52. The van der Waals surface area contributed by atoms with E-state index in [1.807, 2.05) is 49.4 Å². The minimum absolute atomic E-state index is 0.235. The molecule has 3 aromatic rings. The number of carbonyl (C=O) groups excluding carboxylic acids is 1. The smallest absolute Gasteiger partial charge is 0.313 e. The van der Waals surface area contributed by atoms with Gasteiger partial charge in [0.2, 0.25) is 0 Å². The van der Waals surface area contributed by atoms with Gasteiger partial charge in [-0.1, -0.05) is 29.8 Å². The van der Waals surface area contributed by atoms with Crippen molar-refractivity contribution in [1.82, 2.24) is 4.98 Å². The lowest BCUT2D eigenvalue weighted by Crippen LogP contribution is -2.12. The molecule has 0 radical (unpaired) electrons.